The summed E-state index contributed by atoms with van der Waals surface area (Å²) < 4.78 is 0. The van der Waals surface area contributed by atoms with Crippen LogP contribution in [0.5, 0.6) is 5.75 Å². The van der Waals surface area contributed by atoms with Crippen LogP contribution in [0, 0.1) is 12.3 Å². The zero-order valence-corrected chi connectivity index (χ0v) is 16.7. The van der Waals surface area contributed by atoms with Gasteiger partial charge in [-0.05, 0) is 77.3 Å². The van der Waals surface area contributed by atoms with Gasteiger partial charge < -0.3 is 5.11 Å². The Balaban J connectivity index is 2.59. The van der Waals surface area contributed by atoms with Gasteiger partial charge in [0.2, 0.25) is 0 Å². The van der Waals surface area contributed by atoms with E-state index < -0.39 is 0 Å². The average Bonchev–Trinajstić information content (AvgIpc) is 2.43. The van der Waals surface area contributed by atoms with Crippen LogP contribution in [0.2, 0.25) is 0 Å². The second-order valence-corrected chi connectivity index (χ2v) is 9.09. The van der Waals surface area contributed by atoms with E-state index in [4.69, 9.17) is 0 Å². The van der Waals surface area contributed by atoms with Gasteiger partial charge in [-0.25, -0.2) is 0 Å². The molecule has 2 nitrogen and oxygen atoms in total. The Morgan fingerprint density at radius 3 is 2.04 bits per heavy atom. The smallest absolute Gasteiger partial charge is 0.185 e. The topological polar surface area (TPSA) is 37.3 Å². The number of aryl methyl sites for hydroxylation is 1. The third-order valence-corrected chi connectivity index (χ3v) is 4.57. The minimum absolute atomic E-state index is 0.127. The third kappa shape index (κ3) is 4.12. The fraction of sp³-hybridized carbons (Fsp3) is 0.435. The molecule has 1 aromatic carbocycles. The van der Waals surface area contributed by atoms with Gasteiger partial charge in [0.25, 0.3) is 0 Å². The molecule has 0 atom stereocenters. The van der Waals surface area contributed by atoms with Crippen LogP contribution in [0.3, 0.4) is 0 Å². The summed E-state index contributed by atoms with van der Waals surface area (Å²) in [7, 11) is 0. The minimum Gasteiger partial charge on any atom is -0.507 e. The van der Waals surface area contributed by atoms with Crippen LogP contribution < -0.4 is 0 Å². The monoisotopic (exact) mass is 338 g/mol. The molecule has 1 aliphatic rings. The van der Waals surface area contributed by atoms with Crippen molar-refractivity contribution in [1.29, 1.82) is 0 Å². The molecule has 0 saturated carbocycles. The van der Waals surface area contributed by atoms with Gasteiger partial charge >= 0.3 is 0 Å². The highest BCUT2D eigenvalue weighted by atomic mass is 16.3. The molecular weight excluding hydrogens is 308 g/mol. The first kappa shape index (κ1) is 19.2. The predicted molar refractivity (Wildman–Crippen MR) is 106 cm³/mol. The number of allylic oxidation sites excluding steroid dienone is 5. The fourth-order valence-electron chi connectivity index (χ4n) is 3.10. The molecule has 2 rings (SSSR count). The number of aromatic hydroxyl groups is 1. The standard InChI is InChI=1S/C23H30O2/c1-14-9-16(12-18(20(14)24)22(3,4)5)11-17-10-15(2)21(25)19(13-17)23(6,7)8/h9-13,24H,1-8H3/b17-11-. The molecule has 0 fully saturated rings. The number of ketones is 1. The molecule has 0 amide bonds. The molecule has 0 radical (unpaired) electrons. The zero-order chi connectivity index (χ0) is 19.2. The van der Waals surface area contributed by atoms with Crippen molar-refractivity contribution in [3.63, 3.8) is 0 Å². The lowest BCUT2D eigenvalue weighted by molar-refractivity contribution is -0.113. The van der Waals surface area contributed by atoms with Crippen molar-refractivity contribution in [2.45, 2.75) is 60.8 Å². The van der Waals surface area contributed by atoms with Gasteiger partial charge in [-0.1, -0.05) is 41.5 Å². The lowest BCUT2D eigenvalue weighted by Crippen LogP contribution is -2.21. The van der Waals surface area contributed by atoms with E-state index in [9.17, 15) is 9.90 Å². The molecule has 0 aromatic heterocycles. The number of benzene rings is 1. The number of carbonyl (C=O) groups is 1. The van der Waals surface area contributed by atoms with E-state index in [-0.39, 0.29) is 16.6 Å². The van der Waals surface area contributed by atoms with Gasteiger partial charge in [-0.3, -0.25) is 4.79 Å². The van der Waals surface area contributed by atoms with E-state index in [0.29, 0.717) is 5.75 Å². The van der Waals surface area contributed by atoms with Crippen molar-refractivity contribution in [3.05, 3.63) is 57.7 Å². The van der Waals surface area contributed by atoms with Crippen LogP contribution in [0.4, 0.5) is 0 Å². The Kier molecular flexibility index (Phi) is 4.87. The maximum absolute atomic E-state index is 12.5. The summed E-state index contributed by atoms with van der Waals surface area (Å²) in [6, 6.07) is 4.03. The summed E-state index contributed by atoms with van der Waals surface area (Å²) in [6.45, 7) is 16.3. The third-order valence-electron chi connectivity index (χ3n) is 4.57. The van der Waals surface area contributed by atoms with Gasteiger partial charge in [0.1, 0.15) is 5.75 Å². The molecule has 0 bridgehead atoms. The number of Topliss-reactive ketones (excluding diaryl/α,β-unsaturated/α-hetero) is 1. The summed E-state index contributed by atoms with van der Waals surface area (Å²) >= 11 is 0. The van der Waals surface area contributed by atoms with Crippen molar-refractivity contribution in [2.75, 3.05) is 0 Å². The Morgan fingerprint density at radius 1 is 0.920 bits per heavy atom. The summed E-state index contributed by atoms with van der Waals surface area (Å²) in [5.41, 5.74) is 5.15. The Morgan fingerprint density at radius 2 is 1.52 bits per heavy atom. The molecule has 1 N–H and O–H groups in total. The molecule has 25 heavy (non-hydrogen) atoms. The van der Waals surface area contributed by atoms with E-state index in [2.05, 4.69) is 47.6 Å². The highest BCUT2D eigenvalue weighted by Gasteiger charge is 2.27. The summed E-state index contributed by atoms with van der Waals surface area (Å²) in [6.07, 6.45) is 6.02. The first-order valence-electron chi connectivity index (χ1n) is 8.81. The highest BCUT2D eigenvalue weighted by Crippen LogP contribution is 2.36. The number of hydrogen-bond donors (Lipinski definition) is 1. The van der Waals surface area contributed by atoms with Crippen LogP contribution in [-0.2, 0) is 10.2 Å². The number of carbonyl (C=O) groups excluding carboxylic acids is 1. The van der Waals surface area contributed by atoms with Gasteiger partial charge in [0, 0.05) is 11.1 Å². The predicted octanol–water partition coefficient (Wildman–Crippen LogP) is 5.88. The quantitative estimate of drug-likeness (QED) is 0.694. The van der Waals surface area contributed by atoms with Gasteiger partial charge in [-0.2, -0.15) is 0 Å². The Hall–Kier alpha value is -2.09. The van der Waals surface area contributed by atoms with Crippen molar-refractivity contribution >= 4 is 11.9 Å². The first-order chi connectivity index (χ1) is 11.3. The molecule has 0 spiro atoms. The van der Waals surface area contributed by atoms with E-state index in [1.165, 1.54) is 0 Å². The highest BCUT2D eigenvalue weighted by molar-refractivity contribution is 6.11. The van der Waals surface area contributed by atoms with E-state index in [0.717, 1.165) is 33.4 Å². The second-order valence-electron chi connectivity index (χ2n) is 9.09. The van der Waals surface area contributed by atoms with Crippen LogP contribution in [0.1, 0.15) is 65.2 Å². The van der Waals surface area contributed by atoms with E-state index in [1.807, 2.05) is 38.1 Å². The van der Waals surface area contributed by atoms with Crippen LogP contribution >= 0.6 is 0 Å². The Labute approximate surface area is 152 Å². The molecular formula is C23H30O2. The van der Waals surface area contributed by atoms with Crippen LogP contribution in [-0.4, -0.2) is 10.9 Å². The molecule has 0 unspecified atom stereocenters. The SMILES string of the molecule is CC1=C/C(=C/c2cc(C)c(O)c(C(C)(C)C)c2)C=C(C(C)(C)C)C1=O. The largest absolute Gasteiger partial charge is 0.507 e. The van der Waals surface area contributed by atoms with Crippen molar-refractivity contribution in [2.24, 2.45) is 5.41 Å². The molecule has 0 aliphatic heterocycles. The minimum atomic E-state index is -0.187. The molecule has 1 aliphatic carbocycles. The zero-order valence-electron chi connectivity index (χ0n) is 16.7. The van der Waals surface area contributed by atoms with Crippen molar-refractivity contribution < 1.29 is 9.90 Å². The maximum atomic E-state index is 12.5. The van der Waals surface area contributed by atoms with Crippen LogP contribution in [0.25, 0.3) is 6.08 Å². The second kappa shape index (κ2) is 6.33. The van der Waals surface area contributed by atoms with Crippen molar-refractivity contribution in [3.8, 4) is 5.75 Å². The summed E-state index contributed by atoms with van der Waals surface area (Å²) in [4.78, 5) is 12.5. The normalized spacial score (nSPS) is 17.6. The maximum Gasteiger partial charge on any atom is 0.185 e. The molecule has 0 heterocycles. The lowest BCUT2D eigenvalue weighted by Gasteiger charge is -2.25. The Bertz CT molecular complexity index is 804. The van der Waals surface area contributed by atoms with Gasteiger partial charge in [0.15, 0.2) is 5.78 Å². The van der Waals surface area contributed by atoms with E-state index >= 15 is 0 Å². The number of phenols is 1. The van der Waals surface area contributed by atoms with E-state index in [1.54, 1.807) is 0 Å². The van der Waals surface area contributed by atoms with Gasteiger partial charge in [-0.15, -0.1) is 0 Å². The molecule has 134 valence electrons. The average molecular weight is 338 g/mol. The summed E-state index contributed by atoms with van der Waals surface area (Å²) in [5.74, 6) is 0.494. The summed E-state index contributed by atoms with van der Waals surface area (Å²) in [5, 5.41) is 10.4. The number of phenolic OH excluding ortho intramolecular Hbond substituents is 1. The molecule has 0 saturated heterocycles. The number of rotatable bonds is 1. The van der Waals surface area contributed by atoms with Gasteiger partial charge in [0.05, 0.1) is 0 Å². The number of hydrogen-bond acceptors (Lipinski definition) is 2. The molecule has 1 aromatic rings. The molecule has 2 heteroatoms. The lowest BCUT2D eigenvalue weighted by atomic mass is 9.78. The van der Waals surface area contributed by atoms with Crippen LogP contribution in [0.15, 0.2) is 41.0 Å². The first-order valence-corrected chi connectivity index (χ1v) is 8.81. The fourth-order valence-corrected chi connectivity index (χ4v) is 3.10. The van der Waals surface area contributed by atoms with Crippen molar-refractivity contribution in [1.82, 2.24) is 0 Å².